The zero-order chi connectivity index (χ0) is 53.5. The van der Waals surface area contributed by atoms with Crippen LogP contribution in [0.3, 0.4) is 0 Å². The van der Waals surface area contributed by atoms with Gasteiger partial charge >= 0.3 is 0 Å². The molecule has 16 heteroatoms. The van der Waals surface area contributed by atoms with Gasteiger partial charge in [0.2, 0.25) is 11.8 Å². The van der Waals surface area contributed by atoms with E-state index in [9.17, 15) is 29.7 Å². The van der Waals surface area contributed by atoms with Crippen molar-refractivity contribution in [3.63, 3.8) is 0 Å². The Bertz CT molecular complexity index is 3230. The van der Waals surface area contributed by atoms with Gasteiger partial charge in [0.1, 0.15) is 23.8 Å². The monoisotopic (exact) mass is 1020 g/mol. The number of benzene rings is 4. The Balaban J connectivity index is 0.000000186. The summed E-state index contributed by atoms with van der Waals surface area (Å²) in [6.45, 7) is 15.4. The Kier molecular flexibility index (Phi) is 15.9. The lowest BCUT2D eigenvalue weighted by molar-refractivity contribution is -0.124. The molecule has 6 aromatic rings. The predicted molar refractivity (Wildman–Crippen MR) is 296 cm³/mol. The maximum absolute atomic E-state index is 13.0. The molecule has 0 spiro atoms. The summed E-state index contributed by atoms with van der Waals surface area (Å²) in [5.41, 5.74) is 8.64. The molecular weight excluding hydrogens is 953 g/mol. The molecule has 2 atom stereocenters. The summed E-state index contributed by atoms with van der Waals surface area (Å²) < 4.78 is 0. The number of nitrogens with zero attached hydrogens (tertiary/aromatic N) is 8. The van der Waals surface area contributed by atoms with Crippen LogP contribution in [0, 0.1) is 34.0 Å². The van der Waals surface area contributed by atoms with Gasteiger partial charge in [0.15, 0.2) is 0 Å². The fourth-order valence-electron chi connectivity index (χ4n) is 10.6. The highest BCUT2D eigenvalue weighted by Crippen LogP contribution is 2.41. The topological polar surface area (TPSA) is 203 Å². The number of nitriles is 2. The van der Waals surface area contributed by atoms with Crippen LogP contribution in [0.2, 0.25) is 0 Å². The van der Waals surface area contributed by atoms with Crippen LogP contribution in [0.1, 0.15) is 120 Å². The molecule has 0 bridgehead atoms. The highest BCUT2D eigenvalue weighted by Gasteiger charge is 2.36. The molecule has 6 heterocycles. The van der Waals surface area contributed by atoms with E-state index in [2.05, 4.69) is 75.1 Å². The Morgan fingerprint density at radius 2 is 1.00 bits per heavy atom. The third kappa shape index (κ3) is 10.9. The van der Waals surface area contributed by atoms with Crippen LogP contribution in [0.15, 0.2) is 122 Å². The molecule has 2 aromatic heterocycles. The first kappa shape index (κ1) is 52.4. The fraction of sp³-hybridized carbons (Fsp3) is 0.333. The van der Waals surface area contributed by atoms with Crippen molar-refractivity contribution in [1.29, 1.82) is 10.5 Å². The van der Waals surface area contributed by atoms with Crippen LogP contribution in [-0.2, 0) is 9.59 Å². The van der Waals surface area contributed by atoms with Crippen molar-refractivity contribution in [1.82, 2.24) is 19.8 Å². The van der Waals surface area contributed by atoms with E-state index in [4.69, 9.17) is 0 Å². The first-order chi connectivity index (χ1) is 36.9. The van der Waals surface area contributed by atoms with Gasteiger partial charge in [-0.2, -0.15) is 10.5 Å². The smallest absolute Gasteiger partial charge is 0.256 e. The second-order valence-corrected chi connectivity index (χ2v) is 20.2. The number of fused-ring (bicyclic) bond motifs is 4. The summed E-state index contributed by atoms with van der Waals surface area (Å²) in [7, 11) is 0. The average Bonchev–Trinajstić information content (AvgIpc) is 3.67. The number of aromatic nitrogens is 2. The molecule has 4 aliphatic rings. The first-order valence-electron chi connectivity index (χ1n) is 26.2. The number of amides is 4. The number of carbonyl (C=O) groups is 4. The molecule has 2 unspecified atom stereocenters. The lowest BCUT2D eigenvalue weighted by Crippen LogP contribution is -2.48. The highest BCUT2D eigenvalue weighted by atomic mass is 16.2. The number of para-hydroxylation sites is 2. The van der Waals surface area contributed by atoms with Crippen molar-refractivity contribution in [2.75, 3.05) is 83.4 Å². The van der Waals surface area contributed by atoms with Gasteiger partial charge in [0.25, 0.3) is 11.8 Å². The van der Waals surface area contributed by atoms with E-state index >= 15 is 0 Å². The van der Waals surface area contributed by atoms with Crippen LogP contribution < -0.4 is 31.1 Å². The number of piperazine rings is 2. The van der Waals surface area contributed by atoms with Gasteiger partial charge < -0.3 is 31.1 Å². The van der Waals surface area contributed by atoms with Crippen LogP contribution in [-0.4, -0.2) is 95.8 Å². The van der Waals surface area contributed by atoms with E-state index < -0.39 is 5.41 Å². The number of hydrogen-bond donors (Lipinski definition) is 4. The zero-order valence-electron chi connectivity index (χ0n) is 43.8. The second kappa shape index (κ2) is 23.0. The molecule has 4 aromatic carbocycles. The van der Waals surface area contributed by atoms with Gasteiger partial charge in [0.05, 0.1) is 47.0 Å². The SMILES string of the molecule is CCC(C)(C)C(=O)Nc1cnc(N2CCN(C3c4ccccc4NC(=O)c4ccccc43)CC2)c(C#N)c1.CCC(CC)C(=O)Nc1cnc(N2CCN(C3c4ccccc4NC(=O)c4ccccc43)CC2)c(C#N)c1. The Morgan fingerprint density at radius 1 is 0.605 bits per heavy atom. The molecule has 4 aliphatic heterocycles. The molecule has 2 fully saturated rings. The molecule has 4 N–H and O–H groups in total. The second-order valence-electron chi connectivity index (χ2n) is 20.2. The van der Waals surface area contributed by atoms with E-state index in [0.29, 0.717) is 77.9 Å². The summed E-state index contributed by atoms with van der Waals surface area (Å²) in [5, 5.41) is 31.7. The summed E-state index contributed by atoms with van der Waals surface area (Å²) >= 11 is 0. The van der Waals surface area contributed by atoms with Gasteiger partial charge in [-0.15, -0.1) is 0 Å². The van der Waals surface area contributed by atoms with Crippen molar-refractivity contribution in [3.05, 3.63) is 166 Å². The lowest BCUT2D eigenvalue weighted by atomic mass is 9.89. The van der Waals surface area contributed by atoms with E-state index in [1.54, 1.807) is 24.5 Å². The van der Waals surface area contributed by atoms with Gasteiger partial charge in [-0.3, -0.25) is 29.0 Å². The molecule has 0 radical (unpaired) electrons. The molecule has 10 rings (SSSR count). The maximum Gasteiger partial charge on any atom is 0.256 e. The van der Waals surface area contributed by atoms with Gasteiger partial charge in [-0.1, -0.05) is 107 Å². The van der Waals surface area contributed by atoms with E-state index in [1.165, 1.54) is 0 Å². The quantitative estimate of drug-likeness (QED) is 0.0959. The summed E-state index contributed by atoms with van der Waals surface area (Å²) in [6, 6.07) is 39.4. The van der Waals surface area contributed by atoms with E-state index in [-0.39, 0.29) is 41.6 Å². The Morgan fingerprint density at radius 3 is 1.41 bits per heavy atom. The number of anilines is 6. The largest absolute Gasteiger partial charge is 0.353 e. The predicted octanol–water partition coefficient (Wildman–Crippen LogP) is 9.61. The minimum atomic E-state index is -0.503. The van der Waals surface area contributed by atoms with Crippen LogP contribution in [0.5, 0.6) is 0 Å². The molecule has 0 saturated carbocycles. The summed E-state index contributed by atoms with van der Waals surface area (Å²) in [5.74, 6) is 0.880. The third-order valence-electron chi connectivity index (χ3n) is 15.3. The number of hydrogen-bond acceptors (Lipinski definition) is 12. The first-order valence-corrected chi connectivity index (χ1v) is 26.2. The van der Waals surface area contributed by atoms with Crippen molar-refractivity contribution in [2.24, 2.45) is 11.3 Å². The van der Waals surface area contributed by atoms with E-state index in [0.717, 1.165) is 72.6 Å². The van der Waals surface area contributed by atoms with Gasteiger partial charge in [-0.05, 0) is 77.9 Å². The van der Waals surface area contributed by atoms with Crippen molar-refractivity contribution < 1.29 is 19.2 Å². The number of nitrogens with one attached hydrogen (secondary N) is 4. The Hall–Kier alpha value is -8.44. The number of pyridine rings is 2. The standard InChI is InChI=1S/2C30H32N6O2/c1-4-30(2,3)29(38)33-21-17-20(18-31)27(32-19-21)36-15-13-35(14-16-36)26-22-9-5-6-10-23(22)28(37)34-25-12-8-7-11-24(25)26;1-3-20(4-2)29(37)33-22-17-21(18-31)28(32-19-22)36-15-13-35(14-16-36)27-23-9-5-6-10-24(23)30(38)34-26-12-8-7-11-25(26)27/h5-12,17,19,26H,4,13-16H2,1-3H3,(H,33,38)(H,34,37);5-12,17,19-20,27H,3-4,13-16H2,1-2H3,(H,33,37)(H,34,38). The highest BCUT2D eigenvalue weighted by molar-refractivity contribution is 6.08. The minimum absolute atomic E-state index is 0.0426. The van der Waals surface area contributed by atoms with Crippen molar-refractivity contribution in [3.8, 4) is 12.1 Å². The molecule has 388 valence electrons. The molecule has 4 amide bonds. The zero-order valence-corrected chi connectivity index (χ0v) is 43.8. The van der Waals surface area contributed by atoms with Crippen molar-refractivity contribution in [2.45, 2.75) is 66.0 Å². The molecule has 16 nitrogen and oxygen atoms in total. The van der Waals surface area contributed by atoms with Gasteiger partial charge in [0, 0.05) is 86.2 Å². The van der Waals surface area contributed by atoms with Crippen LogP contribution in [0.25, 0.3) is 0 Å². The molecule has 76 heavy (non-hydrogen) atoms. The van der Waals surface area contributed by atoms with Gasteiger partial charge in [-0.25, -0.2) is 9.97 Å². The molecule has 0 aliphatic carbocycles. The number of rotatable bonds is 11. The van der Waals surface area contributed by atoms with Crippen LogP contribution >= 0.6 is 0 Å². The summed E-state index contributed by atoms with van der Waals surface area (Å²) in [4.78, 5) is 69.2. The van der Waals surface area contributed by atoms with Crippen LogP contribution in [0.4, 0.5) is 34.4 Å². The Labute approximate surface area is 444 Å². The molecule has 2 saturated heterocycles. The average molecular weight is 1020 g/mol. The fourth-order valence-corrected chi connectivity index (χ4v) is 10.6. The number of carbonyl (C=O) groups excluding carboxylic acids is 4. The molecular formula is C60H64N12O4. The summed E-state index contributed by atoms with van der Waals surface area (Å²) in [6.07, 6.45) is 5.51. The van der Waals surface area contributed by atoms with E-state index in [1.807, 2.05) is 120 Å². The minimum Gasteiger partial charge on any atom is -0.353 e. The maximum atomic E-state index is 13.0. The van der Waals surface area contributed by atoms with Crippen molar-refractivity contribution >= 4 is 58.0 Å². The lowest BCUT2D eigenvalue weighted by Gasteiger charge is -2.40. The third-order valence-corrected chi connectivity index (χ3v) is 15.3. The normalized spacial score (nSPS) is 17.3.